The highest BCUT2D eigenvalue weighted by Gasteiger charge is 2.22. The van der Waals surface area contributed by atoms with Crippen LogP contribution in [-0.4, -0.2) is 28.7 Å². The maximum absolute atomic E-state index is 6.18. The highest BCUT2D eigenvalue weighted by atomic mass is 35.5. The number of hydrogen-bond acceptors (Lipinski definition) is 3. The van der Waals surface area contributed by atoms with Gasteiger partial charge in [0.05, 0.1) is 17.6 Å². The first-order chi connectivity index (χ1) is 11.7. The van der Waals surface area contributed by atoms with Crippen LogP contribution in [-0.2, 0) is 6.54 Å². The van der Waals surface area contributed by atoms with E-state index in [4.69, 9.17) is 22.3 Å². The van der Waals surface area contributed by atoms with Crippen molar-refractivity contribution in [3.8, 4) is 0 Å². The summed E-state index contributed by atoms with van der Waals surface area (Å²) in [7, 11) is 0. The molecule has 4 rings (SSSR count). The molecule has 1 atom stereocenters. The standard InChI is InChI=1S/C19H21ClN4.ClH/c20-15-9-7-14(8-10-15)12-24-18-6-2-1-5-17(18)22-19(24)23-11-3-4-16(21)13-23;/h1-2,5-10,16H,3-4,11-13,21H2;1H. The summed E-state index contributed by atoms with van der Waals surface area (Å²) >= 11 is 6.02. The average molecular weight is 377 g/mol. The Hall–Kier alpha value is -1.75. The van der Waals surface area contributed by atoms with E-state index >= 15 is 0 Å². The van der Waals surface area contributed by atoms with Gasteiger partial charge >= 0.3 is 0 Å². The number of nitrogens with zero attached hydrogens (tertiary/aromatic N) is 3. The number of fused-ring (bicyclic) bond motifs is 1. The number of para-hydroxylation sites is 2. The van der Waals surface area contributed by atoms with Crippen LogP contribution in [0.4, 0.5) is 5.95 Å². The van der Waals surface area contributed by atoms with Gasteiger partial charge in [-0.05, 0) is 42.7 Å². The Labute approximate surface area is 159 Å². The number of piperidine rings is 1. The molecule has 132 valence electrons. The summed E-state index contributed by atoms with van der Waals surface area (Å²) in [5, 5.41) is 0.761. The molecule has 0 spiro atoms. The molecule has 1 aliphatic rings. The van der Waals surface area contributed by atoms with Crippen molar-refractivity contribution in [1.82, 2.24) is 9.55 Å². The van der Waals surface area contributed by atoms with Crippen LogP contribution in [0, 0.1) is 0 Å². The fraction of sp³-hybridized carbons (Fsp3) is 0.316. The fourth-order valence-corrected chi connectivity index (χ4v) is 3.55. The molecule has 0 radical (unpaired) electrons. The molecule has 4 nitrogen and oxygen atoms in total. The number of benzene rings is 2. The zero-order chi connectivity index (χ0) is 16.5. The lowest BCUT2D eigenvalue weighted by Gasteiger charge is -2.32. The predicted octanol–water partition coefficient (Wildman–Crippen LogP) is 4.09. The fourth-order valence-electron chi connectivity index (χ4n) is 3.42. The SMILES string of the molecule is Cl.NC1CCCN(c2nc3ccccc3n2Cc2ccc(Cl)cc2)C1. The molecule has 2 heterocycles. The lowest BCUT2D eigenvalue weighted by molar-refractivity contribution is 0.495. The molecule has 1 saturated heterocycles. The topological polar surface area (TPSA) is 47.1 Å². The highest BCUT2D eigenvalue weighted by molar-refractivity contribution is 6.30. The smallest absolute Gasteiger partial charge is 0.206 e. The Morgan fingerprint density at radius 3 is 2.64 bits per heavy atom. The first kappa shape index (κ1) is 18.1. The maximum Gasteiger partial charge on any atom is 0.206 e. The van der Waals surface area contributed by atoms with E-state index in [1.54, 1.807) is 0 Å². The van der Waals surface area contributed by atoms with Crippen LogP contribution >= 0.6 is 24.0 Å². The molecule has 1 aliphatic heterocycles. The second kappa shape index (κ2) is 7.65. The molecule has 0 amide bonds. The van der Waals surface area contributed by atoms with Gasteiger partial charge < -0.3 is 15.2 Å². The quantitative estimate of drug-likeness (QED) is 0.748. The van der Waals surface area contributed by atoms with Gasteiger partial charge in [-0.3, -0.25) is 0 Å². The lowest BCUT2D eigenvalue weighted by atomic mass is 10.1. The summed E-state index contributed by atoms with van der Waals surface area (Å²) < 4.78 is 2.29. The van der Waals surface area contributed by atoms with Crippen molar-refractivity contribution in [2.75, 3.05) is 18.0 Å². The lowest BCUT2D eigenvalue weighted by Crippen LogP contribution is -2.44. The first-order valence-corrected chi connectivity index (χ1v) is 8.79. The predicted molar refractivity (Wildman–Crippen MR) is 107 cm³/mol. The number of aromatic nitrogens is 2. The monoisotopic (exact) mass is 376 g/mol. The number of anilines is 1. The summed E-state index contributed by atoms with van der Waals surface area (Å²) in [6, 6.07) is 16.5. The molecular weight excluding hydrogens is 355 g/mol. The molecule has 25 heavy (non-hydrogen) atoms. The van der Waals surface area contributed by atoms with Gasteiger partial charge in [0.1, 0.15) is 0 Å². The van der Waals surface area contributed by atoms with Gasteiger partial charge in [-0.25, -0.2) is 4.98 Å². The first-order valence-electron chi connectivity index (χ1n) is 8.41. The average Bonchev–Trinajstić information content (AvgIpc) is 2.96. The molecule has 1 unspecified atom stereocenters. The van der Waals surface area contributed by atoms with Crippen molar-refractivity contribution in [2.24, 2.45) is 5.73 Å². The Balaban J connectivity index is 0.00000182. The second-order valence-electron chi connectivity index (χ2n) is 6.46. The summed E-state index contributed by atoms with van der Waals surface area (Å²) in [6.07, 6.45) is 2.21. The van der Waals surface area contributed by atoms with Crippen LogP contribution in [0.15, 0.2) is 48.5 Å². The number of hydrogen-bond donors (Lipinski definition) is 1. The minimum absolute atomic E-state index is 0. The van der Waals surface area contributed by atoms with Crippen molar-refractivity contribution in [3.63, 3.8) is 0 Å². The Morgan fingerprint density at radius 1 is 1.12 bits per heavy atom. The van der Waals surface area contributed by atoms with Gasteiger partial charge in [-0.15, -0.1) is 12.4 Å². The van der Waals surface area contributed by atoms with Crippen LogP contribution < -0.4 is 10.6 Å². The van der Waals surface area contributed by atoms with Crippen molar-refractivity contribution < 1.29 is 0 Å². The van der Waals surface area contributed by atoms with Gasteiger partial charge in [-0.1, -0.05) is 35.9 Å². The zero-order valence-corrected chi connectivity index (χ0v) is 15.5. The maximum atomic E-state index is 6.18. The van der Waals surface area contributed by atoms with E-state index in [0.29, 0.717) is 0 Å². The minimum atomic E-state index is 0. The Bertz CT molecular complexity index is 844. The Morgan fingerprint density at radius 2 is 1.88 bits per heavy atom. The van der Waals surface area contributed by atoms with E-state index in [0.717, 1.165) is 54.5 Å². The van der Waals surface area contributed by atoms with E-state index in [1.165, 1.54) is 5.56 Å². The summed E-state index contributed by atoms with van der Waals surface area (Å²) in [5.41, 5.74) is 9.58. The van der Waals surface area contributed by atoms with Gasteiger partial charge in [0, 0.05) is 24.2 Å². The van der Waals surface area contributed by atoms with E-state index < -0.39 is 0 Å². The van der Waals surface area contributed by atoms with Gasteiger partial charge in [0.2, 0.25) is 5.95 Å². The molecule has 0 bridgehead atoms. The minimum Gasteiger partial charge on any atom is -0.341 e. The molecule has 2 aromatic carbocycles. The number of halogens is 2. The molecule has 0 aliphatic carbocycles. The third-order valence-electron chi connectivity index (χ3n) is 4.63. The molecular formula is C19H22Cl2N4. The molecule has 1 fully saturated rings. The van der Waals surface area contributed by atoms with Crippen molar-refractivity contribution in [2.45, 2.75) is 25.4 Å². The van der Waals surface area contributed by atoms with Crippen LogP contribution in [0.1, 0.15) is 18.4 Å². The number of nitrogens with two attached hydrogens (primary N) is 1. The molecule has 1 aromatic heterocycles. The summed E-state index contributed by atoms with van der Waals surface area (Å²) in [5.74, 6) is 1.02. The van der Waals surface area contributed by atoms with Crippen LogP contribution in [0.3, 0.4) is 0 Å². The van der Waals surface area contributed by atoms with Gasteiger partial charge in [0.25, 0.3) is 0 Å². The number of imidazole rings is 1. The van der Waals surface area contributed by atoms with Crippen LogP contribution in [0.25, 0.3) is 11.0 Å². The van der Waals surface area contributed by atoms with Gasteiger partial charge in [-0.2, -0.15) is 0 Å². The highest BCUT2D eigenvalue weighted by Crippen LogP contribution is 2.26. The van der Waals surface area contributed by atoms with E-state index in [2.05, 4.69) is 39.8 Å². The summed E-state index contributed by atoms with van der Waals surface area (Å²) in [4.78, 5) is 7.22. The third-order valence-corrected chi connectivity index (χ3v) is 4.88. The third kappa shape index (κ3) is 3.76. The molecule has 3 aromatic rings. The second-order valence-corrected chi connectivity index (χ2v) is 6.90. The molecule has 2 N–H and O–H groups in total. The molecule has 0 saturated carbocycles. The summed E-state index contributed by atoms with van der Waals surface area (Å²) in [6.45, 7) is 2.65. The largest absolute Gasteiger partial charge is 0.341 e. The Kier molecular flexibility index (Phi) is 5.52. The van der Waals surface area contributed by atoms with E-state index in [-0.39, 0.29) is 18.4 Å². The van der Waals surface area contributed by atoms with E-state index in [1.807, 2.05) is 18.2 Å². The van der Waals surface area contributed by atoms with Crippen LogP contribution in [0.5, 0.6) is 0 Å². The number of rotatable bonds is 3. The van der Waals surface area contributed by atoms with Crippen molar-refractivity contribution in [1.29, 1.82) is 0 Å². The van der Waals surface area contributed by atoms with Crippen molar-refractivity contribution >= 4 is 41.0 Å². The van der Waals surface area contributed by atoms with Crippen LogP contribution in [0.2, 0.25) is 5.02 Å². The zero-order valence-electron chi connectivity index (χ0n) is 13.9. The van der Waals surface area contributed by atoms with E-state index in [9.17, 15) is 0 Å². The van der Waals surface area contributed by atoms with Gasteiger partial charge in [0.15, 0.2) is 0 Å². The molecule has 6 heteroatoms. The normalized spacial score (nSPS) is 17.5. The van der Waals surface area contributed by atoms with Crippen molar-refractivity contribution in [3.05, 3.63) is 59.1 Å².